The maximum atomic E-state index is 12.7. The predicted octanol–water partition coefficient (Wildman–Crippen LogP) is 3.14. The van der Waals surface area contributed by atoms with Crippen LogP contribution >= 0.6 is 0 Å². The normalized spacial score (nSPS) is 12.0. The van der Waals surface area contributed by atoms with Crippen molar-refractivity contribution in [2.24, 2.45) is 0 Å². The van der Waals surface area contributed by atoms with Crippen LogP contribution in [0.15, 0.2) is 24.3 Å². The van der Waals surface area contributed by atoms with Gasteiger partial charge in [0.25, 0.3) is 0 Å². The molecule has 0 fully saturated rings. The molecule has 84 valence electrons. The number of hydrogen-bond donors (Lipinski definition) is 1. The summed E-state index contributed by atoms with van der Waals surface area (Å²) in [5.74, 6) is -0.122. The van der Waals surface area contributed by atoms with Crippen LogP contribution in [0.4, 0.5) is 19.0 Å². The van der Waals surface area contributed by atoms with Crippen molar-refractivity contribution in [3.63, 3.8) is 0 Å². The Morgan fingerprint density at radius 2 is 1.88 bits per heavy atom. The highest BCUT2D eigenvalue weighted by Gasteiger charge is 2.33. The fourth-order valence-corrected chi connectivity index (χ4v) is 1.59. The van der Waals surface area contributed by atoms with Crippen LogP contribution in [0.1, 0.15) is 11.1 Å². The zero-order valence-electron chi connectivity index (χ0n) is 8.47. The van der Waals surface area contributed by atoms with Crippen molar-refractivity contribution in [1.29, 1.82) is 0 Å². The number of alkyl halides is 3. The smallest absolute Gasteiger partial charge is 0.384 e. The van der Waals surface area contributed by atoms with Crippen molar-refractivity contribution in [2.45, 2.75) is 13.1 Å². The molecule has 1 aromatic heterocycles. The number of aromatic nitrogens is 1. The number of nitrogens with two attached hydrogens (primary N) is 1. The zero-order chi connectivity index (χ0) is 11.9. The maximum absolute atomic E-state index is 12.7. The predicted molar refractivity (Wildman–Crippen MR) is 55.9 cm³/mol. The average molecular weight is 226 g/mol. The van der Waals surface area contributed by atoms with E-state index in [0.29, 0.717) is 0 Å². The molecule has 0 saturated carbocycles. The number of rotatable bonds is 0. The molecule has 2 nitrogen and oxygen atoms in total. The Labute approximate surface area is 89.9 Å². The summed E-state index contributed by atoms with van der Waals surface area (Å²) in [6, 6.07) is 5.57. The monoisotopic (exact) mass is 226 g/mol. The van der Waals surface area contributed by atoms with Crippen molar-refractivity contribution in [3.05, 3.63) is 35.4 Å². The molecule has 16 heavy (non-hydrogen) atoms. The minimum atomic E-state index is -4.41. The summed E-state index contributed by atoms with van der Waals surface area (Å²) in [7, 11) is 0. The van der Waals surface area contributed by atoms with E-state index < -0.39 is 11.7 Å². The third-order valence-corrected chi connectivity index (χ3v) is 2.29. The summed E-state index contributed by atoms with van der Waals surface area (Å²) in [5.41, 5.74) is 5.63. The quantitative estimate of drug-likeness (QED) is 0.749. The van der Waals surface area contributed by atoms with Gasteiger partial charge in [-0.2, -0.15) is 13.2 Å². The van der Waals surface area contributed by atoms with Gasteiger partial charge in [0.05, 0.1) is 11.1 Å². The molecular formula is C11H9F3N2. The van der Waals surface area contributed by atoms with Gasteiger partial charge in [-0.1, -0.05) is 11.6 Å². The lowest BCUT2D eigenvalue weighted by molar-refractivity contribution is -0.136. The number of anilines is 1. The van der Waals surface area contributed by atoms with Gasteiger partial charge in [-0.15, -0.1) is 0 Å². The lowest BCUT2D eigenvalue weighted by atomic mass is 10.1. The third kappa shape index (κ3) is 1.80. The summed E-state index contributed by atoms with van der Waals surface area (Å²) < 4.78 is 38.2. The molecule has 0 radical (unpaired) electrons. The molecule has 1 aromatic carbocycles. The fraction of sp³-hybridized carbons (Fsp3) is 0.182. The first kappa shape index (κ1) is 10.7. The van der Waals surface area contributed by atoms with Gasteiger partial charge >= 0.3 is 6.18 Å². The summed E-state index contributed by atoms with van der Waals surface area (Å²) in [6.07, 6.45) is -4.41. The van der Waals surface area contributed by atoms with Gasteiger partial charge in [0, 0.05) is 5.39 Å². The molecule has 0 aliphatic carbocycles. The molecule has 0 bridgehead atoms. The summed E-state index contributed by atoms with van der Waals surface area (Å²) in [5, 5.41) is 0.0849. The molecule has 5 heteroatoms. The number of halogens is 3. The van der Waals surface area contributed by atoms with E-state index >= 15 is 0 Å². The summed E-state index contributed by atoms with van der Waals surface area (Å²) >= 11 is 0. The van der Waals surface area contributed by atoms with E-state index in [4.69, 9.17) is 5.73 Å². The molecule has 1 heterocycles. The van der Waals surface area contributed by atoms with E-state index in [-0.39, 0.29) is 16.7 Å². The average Bonchev–Trinajstić information content (AvgIpc) is 2.16. The van der Waals surface area contributed by atoms with Gasteiger partial charge < -0.3 is 5.73 Å². The fourth-order valence-electron chi connectivity index (χ4n) is 1.59. The second kappa shape index (κ2) is 3.37. The Hall–Kier alpha value is -1.78. The maximum Gasteiger partial charge on any atom is 0.417 e. The van der Waals surface area contributed by atoms with Gasteiger partial charge in [0.2, 0.25) is 0 Å². The molecule has 0 saturated heterocycles. The van der Waals surface area contributed by atoms with E-state index in [2.05, 4.69) is 4.98 Å². The van der Waals surface area contributed by atoms with Gasteiger partial charge in [-0.3, -0.25) is 0 Å². The zero-order valence-corrected chi connectivity index (χ0v) is 8.47. The van der Waals surface area contributed by atoms with Crippen molar-refractivity contribution in [3.8, 4) is 0 Å². The Balaban J connectivity index is 2.85. The molecule has 0 unspecified atom stereocenters. The lowest BCUT2D eigenvalue weighted by Gasteiger charge is -2.11. The van der Waals surface area contributed by atoms with Crippen molar-refractivity contribution in [2.75, 3.05) is 5.73 Å². The number of pyridine rings is 1. The van der Waals surface area contributed by atoms with Crippen LogP contribution in [-0.2, 0) is 6.18 Å². The molecule has 0 aliphatic rings. The van der Waals surface area contributed by atoms with Crippen LogP contribution in [0.2, 0.25) is 0 Å². The van der Waals surface area contributed by atoms with Crippen LogP contribution in [-0.4, -0.2) is 4.98 Å². The number of hydrogen-bond acceptors (Lipinski definition) is 2. The highest BCUT2D eigenvalue weighted by molar-refractivity contribution is 5.85. The van der Waals surface area contributed by atoms with Gasteiger partial charge in [-0.25, -0.2) is 4.98 Å². The highest BCUT2D eigenvalue weighted by Crippen LogP contribution is 2.35. The first-order valence-electron chi connectivity index (χ1n) is 4.62. The number of benzene rings is 1. The van der Waals surface area contributed by atoms with Crippen LogP contribution in [0.25, 0.3) is 10.9 Å². The summed E-state index contributed by atoms with van der Waals surface area (Å²) in [4.78, 5) is 3.87. The second-order valence-electron chi connectivity index (χ2n) is 3.61. The van der Waals surface area contributed by atoms with Crippen LogP contribution in [0, 0.1) is 6.92 Å². The minimum absolute atomic E-state index is 0.0849. The van der Waals surface area contributed by atoms with E-state index in [1.807, 2.05) is 0 Å². The van der Waals surface area contributed by atoms with E-state index in [1.165, 1.54) is 12.1 Å². The number of nitrogen functional groups attached to an aromatic ring is 1. The van der Waals surface area contributed by atoms with Crippen LogP contribution in [0.5, 0.6) is 0 Å². The van der Waals surface area contributed by atoms with E-state index in [0.717, 1.165) is 11.6 Å². The molecule has 2 N–H and O–H groups in total. The number of fused-ring (bicyclic) bond motifs is 1. The number of nitrogens with zero attached hydrogens (tertiary/aromatic N) is 1. The highest BCUT2D eigenvalue weighted by atomic mass is 19.4. The Morgan fingerprint density at radius 3 is 2.50 bits per heavy atom. The molecule has 0 aliphatic heterocycles. The third-order valence-electron chi connectivity index (χ3n) is 2.29. The second-order valence-corrected chi connectivity index (χ2v) is 3.61. The molecule has 0 amide bonds. The SMILES string of the molecule is Cc1ccc2nc(N)cc(C(F)(F)F)c2c1. The molecule has 2 aromatic rings. The topological polar surface area (TPSA) is 38.9 Å². The molecule has 0 spiro atoms. The van der Waals surface area contributed by atoms with Gasteiger partial charge in [0.1, 0.15) is 5.82 Å². The van der Waals surface area contributed by atoms with Crippen molar-refractivity contribution in [1.82, 2.24) is 4.98 Å². The molecular weight excluding hydrogens is 217 g/mol. The van der Waals surface area contributed by atoms with Crippen molar-refractivity contribution >= 4 is 16.7 Å². The first-order valence-corrected chi connectivity index (χ1v) is 4.62. The van der Waals surface area contributed by atoms with Crippen molar-refractivity contribution < 1.29 is 13.2 Å². The van der Waals surface area contributed by atoms with Crippen LogP contribution < -0.4 is 5.73 Å². The number of aryl methyl sites for hydroxylation is 1. The lowest BCUT2D eigenvalue weighted by Crippen LogP contribution is -2.08. The van der Waals surface area contributed by atoms with Crippen LogP contribution in [0.3, 0.4) is 0 Å². The Kier molecular flexibility index (Phi) is 2.26. The first-order chi connectivity index (χ1) is 7.38. The Bertz CT molecular complexity index is 547. The molecule has 0 atom stereocenters. The standard InChI is InChI=1S/C11H9F3N2/c1-6-2-3-9-7(4-6)8(11(12,13)14)5-10(15)16-9/h2-5H,1H3,(H2,15,16). The minimum Gasteiger partial charge on any atom is -0.384 e. The Morgan fingerprint density at radius 1 is 1.19 bits per heavy atom. The summed E-state index contributed by atoms with van der Waals surface area (Å²) in [6.45, 7) is 1.73. The van der Waals surface area contributed by atoms with E-state index in [1.54, 1.807) is 13.0 Å². The van der Waals surface area contributed by atoms with Gasteiger partial charge in [-0.05, 0) is 25.1 Å². The van der Waals surface area contributed by atoms with E-state index in [9.17, 15) is 13.2 Å². The largest absolute Gasteiger partial charge is 0.417 e. The molecule has 2 rings (SSSR count). The van der Waals surface area contributed by atoms with Gasteiger partial charge in [0.15, 0.2) is 0 Å².